The number of fused-ring (bicyclic) bond motifs is 1. The lowest BCUT2D eigenvalue weighted by Crippen LogP contribution is -2.35. The zero-order chi connectivity index (χ0) is 17.9. The molecule has 1 unspecified atom stereocenters. The smallest absolute Gasteiger partial charge is 0.438 e. The number of para-hydroxylation sites is 2. The van der Waals surface area contributed by atoms with Gasteiger partial charge in [-0.1, -0.05) is 49.6 Å². The highest BCUT2D eigenvalue weighted by molar-refractivity contribution is 5.78. The molecule has 26 heavy (non-hydrogen) atoms. The molecular formula is C21H24N2O3. The summed E-state index contributed by atoms with van der Waals surface area (Å²) in [5, 5.41) is 0. The van der Waals surface area contributed by atoms with Crippen molar-refractivity contribution in [3.63, 3.8) is 0 Å². The van der Waals surface area contributed by atoms with Gasteiger partial charge in [0, 0.05) is 0 Å². The van der Waals surface area contributed by atoms with Gasteiger partial charge in [0.05, 0.1) is 0 Å². The number of ether oxygens (including phenoxy) is 1. The summed E-state index contributed by atoms with van der Waals surface area (Å²) in [5.74, 6) is 0.815. The molecular weight excluding hydrogens is 328 g/mol. The summed E-state index contributed by atoms with van der Waals surface area (Å²) in [6, 6.07) is 15.5. The van der Waals surface area contributed by atoms with Gasteiger partial charge in [0.25, 0.3) is 0 Å². The van der Waals surface area contributed by atoms with Crippen molar-refractivity contribution < 1.29 is 9.15 Å². The average Bonchev–Trinajstić information content (AvgIpc) is 2.98. The van der Waals surface area contributed by atoms with Crippen LogP contribution in [0.5, 0.6) is 5.75 Å². The Bertz CT molecular complexity index is 923. The first-order valence-electron chi connectivity index (χ1n) is 9.35. The minimum absolute atomic E-state index is 0.379. The third-order valence-electron chi connectivity index (χ3n) is 5.05. The van der Waals surface area contributed by atoms with Crippen LogP contribution in [-0.4, -0.2) is 10.9 Å². The zero-order valence-electron chi connectivity index (χ0n) is 15.0. The van der Waals surface area contributed by atoms with E-state index in [-0.39, 0.29) is 6.23 Å². The molecule has 0 bridgehead atoms. The number of benzene rings is 2. The lowest BCUT2D eigenvalue weighted by Gasteiger charge is -2.23. The van der Waals surface area contributed by atoms with E-state index in [1.54, 1.807) is 0 Å². The van der Waals surface area contributed by atoms with Crippen LogP contribution in [0, 0.1) is 0 Å². The van der Waals surface area contributed by atoms with Crippen LogP contribution in [0.1, 0.15) is 50.5 Å². The molecule has 0 amide bonds. The highest BCUT2D eigenvalue weighted by atomic mass is 16.5. The highest BCUT2D eigenvalue weighted by Crippen LogP contribution is 2.36. The normalized spacial score (nSPS) is 16.5. The van der Waals surface area contributed by atoms with Gasteiger partial charge in [0.1, 0.15) is 11.3 Å². The van der Waals surface area contributed by atoms with Crippen molar-refractivity contribution in [3.05, 3.63) is 64.6 Å². The fourth-order valence-electron chi connectivity index (χ4n) is 3.86. The predicted molar refractivity (Wildman–Crippen MR) is 102 cm³/mol. The fourth-order valence-corrected chi connectivity index (χ4v) is 3.86. The van der Waals surface area contributed by atoms with Crippen molar-refractivity contribution in [2.24, 2.45) is 0 Å². The van der Waals surface area contributed by atoms with E-state index in [1.165, 1.54) is 29.5 Å². The van der Waals surface area contributed by atoms with E-state index in [4.69, 9.17) is 9.15 Å². The molecule has 1 fully saturated rings. The Hall–Kier alpha value is -2.69. The fraction of sp³-hybridized carbons (Fsp3) is 0.381. The van der Waals surface area contributed by atoms with Crippen LogP contribution in [0.2, 0.25) is 0 Å². The monoisotopic (exact) mass is 352 g/mol. The summed E-state index contributed by atoms with van der Waals surface area (Å²) in [4.78, 5) is 12.4. The van der Waals surface area contributed by atoms with Crippen molar-refractivity contribution in [2.45, 2.75) is 51.2 Å². The standard InChI is InChI=1S/C21H24N2O3/c1-15(25-17-11-6-3-7-12-17)22-23-20-18(16-9-4-2-5-10-16)13-8-14-19(20)26-21(23)24/h3,6-8,11-16,22H,2,4-5,9-10H2,1H3. The van der Waals surface area contributed by atoms with E-state index in [0.29, 0.717) is 11.5 Å². The van der Waals surface area contributed by atoms with Crippen LogP contribution in [0.4, 0.5) is 0 Å². The molecule has 1 saturated carbocycles. The van der Waals surface area contributed by atoms with E-state index in [0.717, 1.165) is 24.1 Å². The molecule has 1 aliphatic carbocycles. The number of aromatic nitrogens is 1. The van der Waals surface area contributed by atoms with Gasteiger partial charge in [-0.05, 0) is 49.4 Å². The van der Waals surface area contributed by atoms with Crippen LogP contribution in [-0.2, 0) is 0 Å². The second-order valence-electron chi connectivity index (χ2n) is 6.93. The van der Waals surface area contributed by atoms with Gasteiger partial charge in [-0.3, -0.25) is 5.43 Å². The Morgan fingerprint density at radius 1 is 1.08 bits per heavy atom. The van der Waals surface area contributed by atoms with E-state index >= 15 is 0 Å². The summed E-state index contributed by atoms with van der Waals surface area (Å²) in [6.07, 6.45) is 5.72. The van der Waals surface area contributed by atoms with Crippen molar-refractivity contribution in [1.82, 2.24) is 4.68 Å². The van der Waals surface area contributed by atoms with E-state index in [9.17, 15) is 4.79 Å². The van der Waals surface area contributed by atoms with Gasteiger partial charge in [-0.2, -0.15) is 4.68 Å². The molecule has 1 aromatic heterocycles. The third-order valence-corrected chi connectivity index (χ3v) is 5.05. The molecule has 5 nitrogen and oxygen atoms in total. The number of nitrogens with one attached hydrogen (secondary N) is 1. The van der Waals surface area contributed by atoms with Gasteiger partial charge in [-0.15, -0.1) is 0 Å². The molecule has 0 radical (unpaired) electrons. The highest BCUT2D eigenvalue weighted by Gasteiger charge is 2.22. The topological polar surface area (TPSA) is 56.4 Å². The third kappa shape index (κ3) is 3.34. The summed E-state index contributed by atoms with van der Waals surface area (Å²) in [7, 11) is 0. The van der Waals surface area contributed by atoms with Crippen molar-refractivity contribution in [1.29, 1.82) is 0 Å². The second kappa shape index (κ2) is 7.28. The molecule has 0 spiro atoms. The molecule has 0 saturated heterocycles. The first-order chi connectivity index (χ1) is 12.7. The molecule has 1 aliphatic rings. The minimum Gasteiger partial charge on any atom is -0.470 e. The predicted octanol–water partition coefficient (Wildman–Crippen LogP) is 4.61. The molecule has 1 N–H and O–H groups in total. The van der Waals surface area contributed by atoms with Gasteiger partial charge in [0.15, 0.2) is 11.8 Å². The summed E-state index contributed by atoms with van der Waals surface area (Å²) < 4.78 is 12.8. The number of rotatable bonds is 5. The largest absolute Gasteiger partial charge is 0.470 e. The summed E-state index contributed by atoms with van der Waals surface area (Å²) in [5.41, 5.74) is 5.80. The van der Waals surface area contributed by atoms with Crippen LogP contribution >= 0.6 is 0 Å². The van der Waals surface area contributed by atoms with Gasteiger partial charge >= 0.3 is 5.76 Å². The first kappa shape index (κ1) is 16.8. The first-order valence-corrected chi connectivity index (χ1v) is 9.35. The Morgan fingerprint density at radius 2 is 1.85 bits per heavy atom. The van der Waals surface area contributed by atoms with Crippen molar-refractivity contribution in [3.8, 4) is 5.75 Å². The van der Waals surface area contributed by atoms with Gasteiger partial charge < -0.3 is 9.15 Å². The molecule has 0 aliphatic heterocycles. The summed E-state index contributed by atoms with van der Waals surface area (Å²) in [6.45, 7) is 1.88. The molecule has 1 atom stereocenters. The van der Waals surface area contributed by atoms with Crippen LogP contribution < -0.4 is 15.9 Å². The van der Waals surface area contributed by atoms with Crippen LogP contribution in [0.15, 0.2) is 57.7 Å². The van der Waals surface area contributed by atoms with Gasteiger partial charge in [-0.25, -0.2) is 4.79 Å². The van der Waals surface area contributed by atoms with E-state index in [1.807, 2.05) is 49.4 Å². The zero-order valence-corrected chi connectivity index (χ0v) is 15.0. The molecule has 1 heterocycles. The SMILES string of the molecule is CC(Nn1c(=O)oc2cccc(C3CCCCC3)c21)Oc1ccccc1. The number of hydrogen-bond acceptors (Lipinski definition) is 4. The van der Waals surface area contributed by atoms with Crippen molar-refractivity contribution in [2.75, 3.05) is 5.43 Å². The Kier molecular flexibility index (Phi) is 4.69. The van der Waals surface area contributed by atoms with Crippen LogP contribution in [0.3, 0.4) is 0 Å². The number of hydrogen-bond donors (Lipinski definition) is 1. The van der Waals surface area contributed by atoms with Crippen LogP contribution in [0.25, 0.3) is 11.1 Å². The Morgan fingerprint density at radius 3 is 2.62 bits per heavy atom. The van der Waals surface area contributed by atoms with E-state index < -0.39 is 5.76 Å². The van der Waals surface area contributed by atoms with E-state index in [2.05, 4.69) is 11.5 Å². The molecule has 3 aromatic rings. The molecule has 5 heteroatoms. The lowest BCUT2D eigenvalue weighted by atomic mass is 9.83. The molecule has 4 rings (SSSR count). The lowest BCUT2D eigenvalue weighted by molar-refractivity contribution is 0.232. The minimum atomic E-state index is -0.410. The second-order valence-corrected chi connectivity index (χ2v) is 6.93. The molecule has 2 aromatic carbocycles. The molecule has 136 valence electrons. The maximum Gasteiger partial charge on any atom is 0.438 e. The maximum atomic E-state index is 12.4. The van der Waals surface area contributed by atoms with Gasteiger partial charge in [0.2, 0.25) is 0 Å². The average molecular weight is 352 g/mol. The number of oxazole rings is 1. The van der Waals surface area contributed by atoms with Crippen molar-refractivity contribution >= 4 is 11.1 Å². The summed E-state index contributed by atoms with van der Waals surface area (Å²) >= 11 is 0. The number of nitrogens with zero attached hydrogens (tertiary/aromatic N) is 1. The maximum absolute atomic E-state index is 12.4. The Labute approximate surface area is 152 Å². The quantitative estimate of drug-likeness (QED) is 0.681. The Balaban J connectivity index is 1.65.